The van der Waals surface area contributed by atoms with Gasteiger partial charge in [-0.2, -0.15) is 0 Å². The van der Waals surface area contributed by atoms with Crippen LogP contribution < -0.4 is 5.73 Å². The molecule has 0 bridgehead atoms. The van der Waals surface area contributed by atoms with E-state index in [0.717, 1.165) is 51.4 Å². The van der Waals surface area contributed by atoms with Gasteiger partial charge in [-0.05, 0) is 31.6 Å². The molecule has 7 atom stereocenters. The fourth-order valence-electron chi connectivity index (χ4n) is 7.62. The lowest BCUT2D eigenvalue weighted by atomic mass is 9.88. The zero-order chi connectivity index (χ0) is 45.1. The van der Waals surface area contributed by atoms with E-state index in [2.05, 4.69) is 18.4 Å². The van der Waals surface area contributed by atoms with E-state index in [1.165, 1.54) is 83.5 Å². The van der Waals surface area contributed by atoms with Crippen LogP contribution in [0.25, 0.3) is 0 Å². The van der Waals surface area contributed by atoms with Gasteiger partial charge in [-0.15, -0.1) is 0 Å². The summed E-state index contributed by atoms with van der Waals surface area (Å²) in [6, 6.07) is -1.55. The second kappa shape index (κ2) is 36.2. The highest BCUT2D eigenvalue weighted by Gasteiger charge is 2.39. The summed E-state index contributed by atoms with van der Waals surface area (Å²) < 4.78 is 32.8. The smallest absolute Gasteiger partial charge is 0.472 e. The molecule has 0 amide bonds. The van der Waals surface area contributed by atoms with E-state index in [4.69, 9.17) is 24.8 Å². The van der Waals surface area contributed by atoms with E-state index >= 15 is 0 Å². The molecule has 0 aliphatic heterocycles. The average Bonchev–Trinajstić information content (AvgIpc) is 3.49. The number of aliphatic carboxylic acids is 1. The number of hydrogen-bond donors (Lipinski definition) is 5. The molecule has 1 aliphatic carbocycles. The first-order valence-corrected chi connectivity index (χ1v) is 25.3. The maximum atomic E-state index is 12.7. The van der Waals surface area contributed by atoms with E-state index in [1.54, 1.807) is 12.2 Å². The predicted molar refractivity (Wildman–Crippen MR) is 237 cm³/mol. The number of esters is 2. The van der Waals surface area contributed by atoms with Crippen molar-refractivity contribution in [2.45, 2.75) is 224 Å². The van der Waals surface area contributed by atoms with Gasteiger partial charge in [0.1, 0.15) is 18.4 Å². The molecule has 14 nitrogen and oxygen atoms in total. The van der Waals surface area contributed by atoms with Crippen molar-refractivity contribution in [1.82, 2.24) is 0 Å². The lowest BCUT2D eigenvalue weighted by Gasteiger charge is -2.20. The largest absolute Gasteiger partial charge is 0.480 e. The van der Waals surface area contributed by atoms with Gasteiger partial charge < -0.3 is 35.4 Å². The molecule has 1 aliphatic rings. The second-order valence-electron chi connectivity index (χ2n) is 17.0. The van der Waals surface area contributed by atoms with Crippen LogP contribution in [0.15, 0.2) is 12.2 Å². The molecule has 61 heavy (non-hydrogen) atoms. The monoisotopic (exact) mass is 890 g/mol. The third kappa shape index (κ3) is 30.5. The summed E-state index contributed by atoms with van der Waals surface area (Å²) in [5, 5.41) is 29.7. The number of aliphatic hydroxyl groups excluding tert-OH is 2. The van der Waals surface area contributed by atoms with Crippen molar-refractivity contribution in [2.75, 3.05) is 19.8 Å². The number of phosphoric acid groups is 1. The van der Waals surface area contributed by atoms with Crippen molar-refractivity contribution >= 4 is 31.5 Å². The van der Waals surface area contributed by atoms with Crippen LogP contribution in [0.5, 0.6) is 0 Å². The number of Topliss-reactive ketones (excluding diaryl/α,β-unsaturated/α-hetero) is 1. The van der Waals surface area contributed by atoms with Crippen molar-refractivity contribution in [3.8, 4) is 0 Å². The Hall–Kier alpha value is -2.19. The fourth-order valence-corrected chi connectivity index (χ4v) is 8.40. The van der Waals surface area contributed by atoms with Crippen LogP contribution in [0.4, 0.5) is 0 Å². The predicted octanol–water partition coefficient (Wildman–Crippen LogP) is 9.43. The number of carbonyl (C=O) groups is 4. The molecule has 0 saturated heterocycles. The quantitative estimate of drug-likeness (QED) is 0.0167. The van der Waals surface area contributed by atoms with Gasteiger partial charge in [0.2, 0.25) is 0 Å². The van der Waals surface area contributed by atoms with Crippen LogP contribution in [0.2, 0.25) is 0 Å². The molecule has 0 heterocycles. The minimum atomic E-state index is -4.77. The van der Waals surface area contributed by atoms with Crippen LogP contribution in [-0.2, 0) is 42.3 Å². The highest BCUT2D eigenvalue weighted by Crippen LogP contribution is 2.43. The molecular weight excluding hydrogens is 805 g/mol. The zero-order valence-electron chi connectivity index (χ0n) is 37.7. The maximum absolute atomic E-state index is 12.7. The highest BCUT2D eigenvalue weighted by atomic mass is 31.2. The molecule has 1 saturated carbocycles. The minimum Gasteiger partial charge on any atom is -0.480 e. The van der Waals surface area contributed by atoms with Crippen LogP contribution in [0.1, 0.15) is 200 Å². The Morgan fingerprint density at radius 1 is 0.721 bits per heavy atom. The number of phosphoric ester groups is 1. The molecule has 15 heteroatoms. The summed E-state index contributed by atoms with van der Waals surface area (Å²) in [4.78, 5) is 58.8. The third-order valence-electron chi connectivity index (χ3n) is 11.4. The summed E-state index contributed by atoms with van der Waals surface area (Å²) in [5.74, 6) is -3.19. The second-order valence-corrected chi connectivity index (χ2v) is 18.5. The molecule has 1 fully saturated rings. The van der Waals surface area contributed by atoms with Crippen LogP contribution in [-0.4, -0.2) is 88.1 Å². The highest BCUT2D eigenvalue weighted by molar-refractivity contribution is 7.47. The van der Waals surface area contributed by atoms with Crippen LogP contribution >= 0.6 is 7.82 Å². The van der Waals surface area contributed by atoms with Gasteiger partial charge in [0.15, 0.2) is 6.10 Å². The van der Waals surface area contributed by atoms with Gasteiger partial charge in [-0.25, -0.2) is 4.57 Å². The van der Waals surface area contributed by atoms with E-state index in [-0.39, 0.29) is 31.0 Å². The molecule has 0 radical (unpaired) electrons. The first-order chi connectivity index (χ1) is 29.3. The molecule has 0 spiro atoms. The van der Waals surface area contributed by atoms with E-state index < -0.39 is 75.8 Å². The topological polar surface area (TPSA) is 229 Å². The average molecular weight is 890 g/mol. The van der Waals surface area contributed by atoms with Gasteiger partial charge >= 0.3 is 25.7 Å². The molecule has 0 aromatic carbocycles. The number of hydrogen-bond acceptors (Lipinski definition) is 12. The van der Waals surface area contributed by atoms with Gasteiger partial charge in [-0.1, -0.05) is 167 Å². The third-order valence-corrected chi connectivity index (χ3v) is 12.4. The summed E-state index contributed by atoms with van der Waals surface area (Å²) in [6.45, 7) is 2.49. The maximum Gasteiger partial charge on any atom is 0.472 e. The van der Waals surface area contributed by atoms with Crippen molar-refractivity contribution in [1.29, 1.82) is 0 Å². The van der Waals surface area contributed by atoms with Crippen LogP contribution in [0.3, 0.4) is 0 Å². The fraction of sp³-hybridized carbons (Fsp3) is 0.870. The van der Waals surface area contributed by atoms with Crippen LogP contribution in [0, 0.1) is 11.8 Å². The number of unbranched alkanes of at least 4 members (excludes halogenated alkanes) is 21. The Morgan fingerprint density at radius 3 is 1.74 bits per heavy atom. The standard InChI is InChI=1S/C46H84NO13P/c1-3-5-7-8-9-10-11-12-13-14-15-16-17-18-19-20-26-30-45(52)60-38(35-58-61(55,56)59-36-41(47)46(53)54)34-57-44(51)29-25-22-21-24-28-39-40(43(50)33-42(39)49)32-31-37(48)27-23-6-4-2/h31-32,37-42,48-49H,3-30,33-36,47H2,1-2H3,(H,53,54)(H,55,56)/b32-31+/t37-,38+,39+,40+,41-,42-/m0/s1. The Labute approximate surface area is 367 Å². The van der Waals surface area contributed by atoms with Gasteiger partial charge in [0.05, 0.1) is 25.4 Å². The normalized spacial score (nSPS) is 19.2. The van der Waals surface area contributed by atoms with Gasteiger partial charge in [0.25, 0.3) is 0 Å². The number of rotatable bonds is 41. The molecule has 0 aromatic heterocycles. The number of nitrogens with two attached hydrogens (primary N) is 1. The number of carbonyl (C=O) groups excluding carboxylic acids is 3. The summed E-state index contributed by atoms with van der Waals surface area (Å²) in [6.07, 6.45) is 28.9. The van der Waals surface area contributed by atoms with E-state index in [1.807, 2.05) is 0 Å². The molecule has 1 rings (SSSR count). The molecule has 356 valence electrons. The van der Waals surface area contributed by atoms with Crippen molar-refractivity contribution in [2.24, 2.45) is 17.6 Å². The minimum absolute atomic E-state index is 0.0150. The number of carboxylic acids is 1. The Balaban J connectivity index is 2.41. The van der Waals surface area contributed by atoms with E-state index in [0.29, 0.717) is 32.1 Å². The lowest BCUT2D eigenvalue weighted by Crippen LogP contribution is -2.34. The summed E-state index contributed by atoms with van der Waals surface area (Å²) in [5.41, 5.74) is 5.34. The molecular formula is C46H84NO13P. The zero-order valence-corrected chi connectivity index (χ0v) is 38.6. The van der Waals surface area contributed by atoms with Gasteiger partial charge in [-0.3, -0.25) is 28.2 Å². The van der Waals surface area contributed by atoms with Crippen molar-refractivity contribution < 1.29 is 62.5 Å². The Bertz CT molecular complexity index is 1250. The summed E-state index contributed by atoms with van der Waals surface area (Å²) >= 11 is 0. The van der Waals surface area contributed by atoms with Gasteiger partial charge in [0, 0.05) is 25.2 Å². The van der Waals surface area contributed by atoms with Crippen molar-refractivity contribution in [3.63, 3.8) is 0 Å². The number of aliphatic hydroxyl groups is 2. The number of ether oxygens (including phenoxy) is 2. The molecule has 6 N–H and O–H groups in total. The Morgan fingerprint density at radius 2 is 1.20 bits per heavy atom. The number of ketones is 1. The molecule has 1 unspecified atom stereocenters. The summed E-state index contributed by atoms with van der Waals surface area (Å²) in [7, 11) is -4.77. The van der Waals surface area contributed by atoms with Crippen molar-refractivity contribution in [3.05, 3.63) is 12.2 Å². The first kappa shape index (κ1) is 56.8. The number of carboxylic acid groups (broad SMARTS) is 1. The first-order valence-electron chi connectivity index (χ1n) is 23.8. The molecule has 0 aromatic rings. The SMILES string of the molecule is CCCCCCCCCCCCCCCCCCCC(=O)O[C@H](COC(=O)CCCCCC[C@H]1[C@@H](O)CC(=O)[C@@H]1/C=C/[C@@H](O)CCCCC)COP(=O)(O)OC[C@H](N)C(=O)O. The van der Waals surface area contributed by atoms with E-state index in [9.17, 15) is 38.8 Å². The Kier molecular flexibility index (Phi) is 33.7. The lowest BCUT2D eigenvalue weighted by molar-refractivity contribution is -0.161. The number of allylic oxidation sites excluding steroid dienone is 1.